The number of aromatic nitrogens is 4. The monoisotopic (exact) mass is 448 g/mol. The maximum atomic E-state index is 12.6. The van der Waals surface area contributed by atoms with Gasteiger partial charge in [0.2, 0.25) is 11.7 Å². The number of nitrogens with one attached hydrogen (secondary N) is 1. The Morgan fingerprint density at radius 2 is 1.88 bits per heavy atom. The van der Waals surface area contributed by atoms with E-state index in [-0.39, 0.29) is 18.3 Å². The minimum Gasteiger partial charge on any atom is -0.383 e. The molecular formula is C23H24N6O2S. The van der Waals surface area contributed by atoms with Gasteiger partial charge in [0, 0.05) is 11.3 Å². The number of amides is 1. The van der Waals surface area contributed by atoms with Crippen molar-refractivity contribution in [3.05, 3.63) is 59.7 Å². The van der Waals surface area contributed by atoms with Gasteiger partial charge in [0.25, 0.3) is 5.89 Å². The van der Waals surface area contributed by atoms with Gasteiger partial charge in [0.15, 0.2) is 0 Å². The molecular weight excluding hydrogens is 424 g/mol. The van der Waals surface area contributed by atoms with Gasteiger partial charge in [-0.25, -0.2) is 4.68 Å². The van der Waals surface area contributed by atoms with Crippen molar-refractivity contribution < 1.29 is 9.32 Å². The molecule has 0 atom stereocenters. The summed E-state index contributed by atoms with van der Waals surface area (Å²) in [6.07, 6.45) is 2.82. The van der Waals surface area contributed by atoms with Gasteiger partial charge in [0.1, 0.15) is 23.0 Å². The Hall–Kier alpha value is -3.59. The summed E-state index contributed by atoms with van der Waals surface area (Å²) in [5, 5.41) is 12.0. The molecule has 0 radical (unpaired) electrons. The number of nitrogens with two attached hydrogens (primary N) is 1. The number of aryl methyl sites for hydroxylation is 2. The van der Waals surface area contributed by atoms with Crippen LogP contribution in [0.1, 0.15) is 18.1 Å². The second kappa shape index (κ2) is 9.27. The Kier molecular flexibility index (Phi) is 6.27. The number of anilines is 2. The number of nitrogens with zero attached hydrogens (tertiary/aromatic N) is 4. The highest BCUT2D eigenvalue weighted by Gasteiger charge is 2.23. The number of hydrogen-bond acceptors (Lipinski definition) is 7. The van der Waals surface area contributed by atoms with E-state index in [4.69, 9.17) is 10.3 Å². The molecule has 32 heavy (non-hydrogen) atoms. The summed E-state index contributed by atoms with van der Waals surface area (Å²) in [5.74, 6) is 0.801. The van der Waals surface area contributed by atoms with Crippen molar-refractivity contribution in [1.29, 1.82) is 0 Å². The highest BCUT2D eigenvalue weighted by Crippen LogP contribution is 2.34. The lowest BCUT2D eigenvalue weighted by Gasteiger charge is -2.07. The molecule has 0 saturated heterocycles. The summed E-state index contributed by atoms with van der Waals surface area (Å²) >= 11 is 1.40. The van der Waals surface area contributed by atoms with Crippen LogP contribution in [0.25, 0.3) is 22.8 Å². The first-order valence-electron chi connectivity index (χ1n) is 10.2. The molecule has 0 aliphatic heterocycles. The van der Waals surface area contributed by atoms with E-state index in [9.17, 15) is 4.79 Å². The minimum atomic E-state index is -0.228. The van der Waals surface area contributed by atoms with E-state index in [0.717, 1.165) is 23.2 Å². The molecule has 0 aliphatic carbocycles. The van der Waals surface area contributed by atoms with E-state index in [0.29, 0.717) is 22.2 Å². The Balaban J connectivity index is 1.55. The van der Waals surface area contributed by atoms with E-state index in [1.165, 1.54) is 22.0 Å². The molecule has 0 saturated carbocycles. The molecule has 1 amide bonds. The van der Waals surface area contributed by atoms with Crippen LogP contribution in [0.4, 0.5) is 11.5 Å². The third kappa shape index (κ3) is 4.52. The van der Waals surface area contributed by atoms with Gasteiger partial charge in [-0.3, -0.25) is 4.79 Å². The molecule has 0 spiro atoms. The largest absolute Gasteiger partial charge is 0.383 e. The van der Waals surface area contributed by atoms with Gasteiger partial charge in [-0.1, -0.05) is 54.0 Å². The zero-order valence-corrected chi connectivity index (χ0v) is 18.9. The maximum absolute atomic E-state index is 12.6. The van der Waals surface area contributed by atoms with Gasteiger partial charge in [-0.2, -0.15) is 10.1 Å². The Morgan fingerprint density at radius 3 is 2.53 bits per heavy atom. The number of carbonyl (C=O) groups is 1. The highest BCUT2D eigenvalue weighted by atomic mass is 32.2. The van der Waals surface area contributed by atoms with Crippen molar-refractivity contribution in [1.82, 2.24) is 19.9 Å². The number of thioether (sulfide) groups is 1. The van der Waals surface area contributed by atoms with E-state index in [1.807, 2.05) is 61.7 Å². The van der Waals surface area contributed by atoms with Gasteiger partial charge in [-0.15, -0.1) is 11.8 Å². The molecule has 0 unspecified atom stereocenters. The van der Waals surface area contributed by atoms with Crippen LogP contribution in [0.15, 0.2) is 58.1 Å². The summed E-state index contributed by atoms with van der Waals surface area (Å²) < 4.78 is 6.94. The maximum Gasteiger partial charge on any atom is 0.264 e. The molecule has 8 nitrogen and oxygen atoms in total. The lowest BCUT2D eigenvalue weighted by molar-refractivity contribution is -0.116. The van der Waals surface area contributed by atoms with Gasteiger partial charge in [0.05, 0.1) is 0 Å². The van der Waals surface area contributed by atoms with E-state index < -0.39 is 0 Å². The Labute approximate surface area is 190 Å². The molecule has 2 heterocycles. The second-order valence-corrected chi connectivity index (χ2v) is 8.11. The van der Waals surface area contributed by atoms with Crippen LogP contribution in [0.3, 0.4) is 0 Å². The molecule has 0 bridgehead atoms. The van der Waals surface area contributed by atoms with Gasteiger partial charge in [-0.05, 0) is 37.3 Å². The van der Waals surface area contributed by atoms with Crippen LogP contribution in [0.5, 0.6) is 0 Å². The molecule has 9 heteroatoms. The van der Waals surface area contributed by atoms with E-state index in [2.05, 4.69) is 27.5 Å². The smallest absolute Gasteiger partial charge is 0.264 e. The van der Waals surface area contributed by atoms with Crippen molar-refractivity contribution >= 4 is 29.2 Å². The number of hydrogen-bond donors (Lipinski definition) is 2. The topological polar surface area (TPSA) is 112 Å². The molecule has 0 aliphatic rings. The third-order valence-electron chi connectivity index (χ3n) is 5.04. The van der Waals surface area contributed by atoms with Gasteiger partial charge < -0.3 is 15.6 Å². The Morgan fingerprint density at radius 1 is 1.16 bits per heavy atom. The van der Waals surface area contributed by atoms with Crippen LogP contribution in [-0.4, -0.2) is 32.1 Å². The van der Waals surface area contributed by atoms with Crippen molar-refractivity contribution in [3.63, 3.8) is 0 Å². The molecule has 3 N–H and O–H groups in total. The molecule has 2 aromatic heterocycles. The van der Waals surface area contributed by atoms with Gasteiger partial charge >= 0.3 is 0 Å². The summed E-state index contributed by atoms with van der Waals surface area (Å²) in [7, 11) is 0. The average Bonchev–Trinajstić information content (AvgIpc) is 3.39. The third-order valence-corrected chi connectivity index (χ3v) is 5.71. The zero-order chi connectivity index (χ0) is 22.7. The van der Waals surface area contributed by atoms with E-state index >= 15 is 0 Å². The molecule has 164 valence electrons. The van der Waals surface area contributed by atoms with Crippen molar-refractivity contribution in [2.24, 2.45) is 0 Å². The van der Waals surface area contributed by atoms with Crippen LogP contribution in [-0.2, 0) is 17.8 Å². The van der Waals surface area contributed by atoms with Crippen molar-refractivity contribution in [3.8, 4) is 22.8 Å². The normalized spacial score (nSPS) is 11.0. The lowest BCUT2D eigenvalue weighted by atomic mass is 10.1. The first-order chi connectivity index (χ1) is 15.5. The summed E-state index contributed by atoms with van der Waals surface area (Å²) in [5.41, 5.74) is 10.8. The van der Waals surface area contributed by atoms with Crippen molar-refractivity contribution in [2.75, 3.05) is 17.3 Å². The predicted molar refractivity (Wildman–Crippen MR) is 126 cm³/mol. The molecule has 2 aromatic carbocycles. The minimum absolute atomic E-state index is 0.0339. The van der Waals surface area contributed by atoms with E-state index in [1.54, 1.807) is 0 Å². The molecule has 4 aromatic rings. The number of benzene rings is 2. The number of nitrogen functional groups attached to an aromatic ring is 1. The quantitative estimate of drug-likeness (QED) is 0.403. The second-order valence-electron chi connectivity index (χ2n) is 7.31. The number of rotatable bonds is 7. The fourth-order valence-electron chi connectivity index (χ4n) is 3.22. The average molecular weight is 449 g/mol. The zero-order valence-electron chi connectivity index (χ0n) is 18.1. The fraction of sp³-hybridized carbons (Fsp3) is 0.217. The first-order valence-corrected chi connectivity index (χ1v) is 11.4. The van der Waals surface area contributed by atoms with Crippen LogP contribution in [0.2, 0.25) is 0 Å². The predicted octanol–water partition coefficient (Wildman–Crippen LogP) is 4.41. The standard InChI is InChI=1S/C23H24N6O2S/c1-4-15-7-11-17(12-8-15)25-18(30)13-29-20(24)19(23(27-29)32-3)22-26-21(28-31-22)16-9-5-14(2)6-10-16/h5-12H,4,13,24H2,1-3H3,(H,25,30). The highest BCUT2D eigenvalue weighted by molar-refractivity contribution is 7.98. The fourth-order valence-corrected chi connectivity index (χ4v) is 3.80. The summed E-state index contributed by atoms with van der Waals surface area (Å²) in [6, 6.07) is 15.6. The van der Waals surface area contributed by atoms with Crippen LogP contribution >= 0.6 is 11.8 Å². The molecule has 4 rings (SSSR count). The SMILES string of the molecule is CCc1ccc(NC(=O)Cn2nc(SC)c(-c3nc(-c4ccc(C)cc4)no3)c2N)cc1. The Bertz CT molecular complexity index is 1230. The van der Waals surface area contributed by atoms with Crippen LogP contribution in [0, 0.1) is 6.92 Å². The first kappa shape index (κ1) is 21.6. The van der Waals surface area contributed by atoms with Crippen molar-refractivity contribution in [2.45, 2.75) is 31.8 Å². The summed E-state index contributed by atoms with van der Waals surface area (Å²) in [4.78, 5) is 17.1. The summed E-state index contributed by atoms with van der Waals surface area (Å²) in [6.45, 7) is 4.07. The lowest BCUT2D eigenvalue weighted by Crippen LogP contribution is -2.20. The van der Waals surface area contributed by atoms with Crippen LogP contribution < -0.4 is 11.1 Å². The molecule has 0 fully saturated rings. The number of carbonyl (C=O) groups excluding carboxylic acids is 1.